The molecule has 0 N–H and O–H groups in total. The van der Waals surface area contributed by atoms with Crippen LogP contribution in [0, 0.1) is 0 Å². The third-order valence-electron chi connectivity index (χ3n) is 4.73. The Bertz CT molecular complexity index is 1350. The van der Waals surface area contributed by atoms with Crippen molar-refractivity contribution in [2.24, 2.45) is 0 Å². The average molecular weight is 524 g/mol. The zero-order valence-corrected chi connectivity index (χ0v) is 19.0. The maximum Gasteiger partial charge on any atom is 0.434 e. The minimum absolute atomic E-state index is 0.00729. The van der Waals surface area contributed by atoms with Crippen LogP contribution in [0.5, 0.6) is 0 Å². The summed E-state index contributed by atoms with van der Waals surface area (Å²) >= 11 is 0. The van der Waals surface area contributed by atoms with E-state index in [9.17, 15) is 35.9 Å². The van der Waals surface area contributed by atoms with Crippen LogP contribution in [0.15, 0.2) is 73.1 Å². The summed E-state index contributed by atoms with van der Waals surface area (Å²) in [5.41, 5.74) is -2.78. The van der Waals surface area contributed by atoms with Crippen molar-refractivity contribution in [3.63, 3.8) is 0 Å². The minimum Gasteiger partial charge on any atom is -0.462 e. The Labute approximate surface area is 205 Å². The molecule has 0 saturated heterocycles. The summed E-state index contributed by atoms with van der Waals surface area (Å²) < 4.78 is 83.9. The molecule has 4 rings (SSSR count). The molecular weight excluding hydrogens is 506 g/mol. The number of carbonyl (C=O) groups is 2. The predicted molar refractivity (Wildman–Crippen MR) is 118 cm³/mol. The zero-order chi connectivity index (χ0) is 27.2. The van der Waals surface area contributed by atoms with Crippen LogP contribution in [0.1, 0.15) is 39.0 Å². The first-order valence-electron chi connectivity index (χ1n) is 10.5. The lowest BCUT2D eigenvalue weighted by Crippen LogP contribution is -2.18. The van der Waals surface area contributed by atoms with Crippen LogP contribution in [0.3, 0.4) is 0 Å². The van der Waals surface area contributed by atoms with Crippen molar-refractivity contribution < 1.29 is 40.7 Å². The molecule has 0 aliphatic rings. The highest BCUT2D eigenvalue weighted by Crippen LogP contribution is 2.34. The molecule has 0 aliphatic heterocycles. The minimum atomic E-state index is -4.71. The average Bonchev–Trinajstić information content (AvgIpc) is 3.51. The summed E-state index contributed by atoms with van der Waals surface area (Å²) in [6.45, 7) is 1.51. The third kappa shape index (κ3) is 6.23. The Hall–Kier alpha value is -4.42. The molecule has 2 heterocycles. The van der Waals surface area contributed by atoms with Gasteiger partial charge in [0, 0.05) is 0 Å². The lowest BCUT2D eigenvalue weighted by atomic mass is 10.2. The standard InChI is InChI=1S/C13H11F3N2O2.C11H7F3N2O/c1-2-20-12(19)10-8-17-18(11(10)13(14,15)16)9-6-4-3-5-7-9;12-11(13,14)10-8(7-17)6-15-16(10)9-4-2-1-3-5-9/h3-8H,2H2,1H3;1-7H. The summed E-state index contributed by atoms with van der Waals surface area (Å²) in [5.74, 6) is -1.04. The lowest BCUT2D eigenvalue weighted by molar-refractivity contribution is -0.144. The van der Waals surface area contributed by atoms with Gasteiger partial charge in [0.25, 0.3) is 0 Å². The highest BCUT2D eigenvalue weighted by molar-refractivity contribution is 5.90. The molecule has 0 amide bonds. The maximum absolute atomic E-state index is 13.2. The molecule has 0 spiro atoms. The van der Waals surface area contributed by atoms with Crippen LogP contribution >= 0.6 is 0 Å². The van der Waals surface area contributed by atoms with Crippen LogP contribution in [0.25, 0.3) is 11.4 Å². The number of ether oxygens (including phenoxy) is 1. The number of aldehydes is 1. The molecule has 7 nitrogen and oxygen atoms in total. The van der Waals surface area contributed by atoms with E-state index in [0.29, 0.717) is 9.36 Å². The number of rotatable bonds is 5. The number of para-hydroxylation sites is 2. The number of alkyl halides is 6. The first-order chi connectivity index (χ1) is 17.5. The number of esters is 1. The van der Waals surface area contributed by atoms with Gasteiger partial charge in [0.1, 0.15) is 5.56 Å². The molecule has 0 saturated carbocycles. The first kappa shape index (κ1) is 27.2. The Balaban J connectivity index is 0.000000208. The fourth-order valence-electron chi connectivity index (χ4n) is 3.24. The smallest absolute Gasteiger partial charge is 0.434 e. The molecule has 0 unspecified atom stereocenters. The van der Waals surface area contributed by atoms with Crippen molar-refractivity contribution in [1.29, 1.82) is 0 Å². The van der Waals surface area contributed by atoms with Crippen molar-refractivity contribution >= 4 is 12.3 Å². The van der Waals surface area contributed by atoms with Gasteiger partial charge in [-0.1, -0.05) is 36.4 Å². The van der Waals surface area contributed by atoms with Gasteiger partial charge >= 0.3 is 18.3 Å². The van der Waals surface area contributed by atoms with Crippen LogP contribution in [-0.2, 0) is 17.1 Å². The number of hydrogen-bond donors (Lipinski definition) is 0. The van der Waals surface area contributed by atoms with Crippen LogP contribution in [0.4, 0.5) is 26.3 Å². The van der Waals surface area contributed by atoms with Gasteiger partial charge in [0.05, 0.1) is 35.9 Å². The van der Waals surface area contributed by atoms with Crippen molar-refractivity contribution in [1.82, 2.24) is 19.6 Å². The van der Waals surface area contributed by atoms with Gasteiger partial charge in [-0.15, -0.1) is 0 Å². The highest BCUT2D eigenvalue weighted by Gasteiger charge is 2.41. The van der Waals surface area contributed by atoms with E-state index in [0.717, 1.165) is 12.4 Å². The van der Waals surface area contributed by atoms with Gasteiger partial charge in [-0.3, -0.25) is 4.79 Å². The van der Waals surface area contributed by atoms with Crippen LogP contribution < -0.4 is 0 Å². The van der Waals surface area contributed by atoms with Gasteiger partial charge < -0.3 is 4.74 Å². The topological polar surface area (TPSA) is 79.0 Å². The first-order valence-corrected chi connectivity index (χ1v) is 10.5. The van der Waals surface area contributed by atoms with E-state index < -0.39 is 40.8 Å². The second-order valence-corrected chi connectivity index (χ2v) is 7.18. The number of carbonyl (C=O) groups excluding carboxylic acids is 2. The van der Waals surface area contributed by atoms with Gasteiger partial charge in [0.2, 0.25) is 0 Å². The maximum atomic E-state index is 13.2. The quantitative estimate of drug-likeness (QED) is 0.188. The summed E-state index contributed by atoms with van der Waals surface area (Å²) in [7, 11) is 0. The lowest BCUT2D eigenvalue weighted by Gasteiger charge is -2.12. The second kappa shape index (κ2) is 11.1. The molecule has 0 aliphatic carbocycles. The van der Waals surface area contributed by atoms with E-state index in [1.165, 1.54) is 31.2 Å². The van der Waals surface area contributed by atoms with E-state index in [1.54, 1.807) is 36.4 Å². The summed E-state index contributed by atoms with van der Waals surface area (Å²) in [5, 5.41) is 7.24. The summed E-state index contributed by atoms with van der Waals surface area (Å²) in [6, 6.07) is 15.6. The third-order valence-corrected chi connectivity index (χ3v) is 4.73. The fraction of sp³-hybridized carbons (Fsp3) is 0.167. The monoisotopic (exact) mass is 524 g/mol. The molecule has 37 heavy (non-hydrogen) atoms. The van der Waals surface area contributed by atoms with Gasteiger partial charge in [-0.2, -0.15) is 36.5 Å². The van der Waals surface area contributed by atoms with Crippen molar-refractivity contribution in [2.45, 2.75) is 19.3 Å². The number of nitrogens with zero attached hydrogens (tertiary/aromatic N) is 4. The Morgan fingerprint density at radius 2 is 1.27 bits per heavy atom. The fourth-order valence-corrected chi connectivity index (χ4v) is 3.24. The molecule has 2 aromatic carbocycles. The normalized spacial score (nSPS) is 11.4. The summed E-state index contributed by atoms with van der Waals surface area (Å²) in [4.78, 5) is 22.1. The molecule has 0 bridgehead atoms. The van der Waals surface area contributed by atoms with E-state index >= 15 is 0 Å². The van der Waals surface area contributed by atoms with Crippen molar-refractivity contribution in [2.75, 3.05) is 6.61 Å². The Morgan fingerprint density at radius 1 is 0.811 bits per heavy atom. The van der Waals surface area contributed by atoms with Gasteiger partial charge in [-0.05, 0) is 31.2 Å². The van der Waals surface area contributed by atoms with E-state index in [4.69, 9.17) is 0 Å². The highest BCUT2D eigenvalue weighted by atomic mass is 19.4. The second-order valence-electron chi connectivity index (χ2n) is 7.18. The van der Waals surface area contributed by atoms with E-state index in [1.807, 2.05) is 0 Å². The van der Waals surface area contributed by atoms with Crippen molar-refractivity contribution in [3.8, 4) is 11.4 Å². The largest absolute Gasteiger partial charge is 0.462 e. The Kier molecular flexibility index (Phi) is 8.15. The molecule has 13 heteroatoms. The van der Waals surface area contributed by atoms with Crippen molar-refractivity contribution in [3.05, 3.63) is 95.6 Å². The molecule has 4 aromatic rings. The molecular formula is C24H18F6N4O3. The van der Waals surface area contributed by atoms with Crippen LogP contribution in [-0.4, -0.2) is 38.4 Å². The molecule has 2 aromatic heterocycles. The van der Waals surface area contributed by atoms with E-state index in [-0.39, 0.29) is 24.3 Å². The summed E-state index contributed by atoms with van der Waals surface area (Å²) in [6.07, 6.45) is -7.41. The predicted octanol–water partition coefficient (Wildman–Crippen LogP) is 5.77. The van der Waals surface area contributed by atoms with E-state index in [2.05, 4.69) is 14.9 Å². The number of halogens is 6. The van der Waals surface area contributed by atoms with Gasteiger partial charge in [-0.25, -0.2) is 14.2 Å². The molecule has 0 atom stereocenters. The number of benzene rings is 2. The Morgan fingerprint density at radius 3 is 1.70 bits per heavy atom. The van der Waals surface area contributed by atoms with Gasteiger partial charge in [0.15, 0.2) is 17.7 Å². The zero-order valence-electron chi connectivity index (χ0n) is 19.0. The number of hydrogen-bond acceptors (Lipinski definition) is 5. The molecule has 0 radical (unpaired) electrons. The number of aromatic nitrogens is 4. The molecule has 194 valence electrons. The van der Waals surface area contributed by atoms with Crippen LogP contribution in [0.2, 0.25) is 0 Å². The SMILES string of the molecule is CCOC(=O)c1cnn(-c2ccccc2)c1C(F)(F)F.O=Cc1cnn(-c2ccccc2)c1C(F)(F)F. The molecule has 0 fully saturated rings.